The number of thiophene rings is 1. The van der Waals surface area contributed by atoms with E-state index in [0.717, 1.165) is 15.2 Å². The third-order valence-electron chi connectivity index (χ3n) is 9.24. The van der Waals surface area contributed by atoms with Crippen molar-refractivity contribution in [2.45, 2.75) is 35.1 Å². The second kappa shape index (κ2) is 8.65. The number of nitrogens with zero attached hydrogens (tertiary/aromatic N) is 2. The summed E-state index contributed by atoms with van der Waals surface area (Å²) in [4.78, 5) is 54.0. The maximum atomic E-state index is 13.9. The lowest BCUT2D eigenvalue weighted by molar-refractivity contribution is -0.141. The molecule has 1 saturated carbocycles. The van der Waals surface area contributed by atoms with Crippen molar-refractivity contribution in [3.63, 3.8) is 0 Å². The molecule has 1 aromatic heterocycles. The summed E-state index contributed by atoms with van der Waals surface area (Å²) in [5.41, 5.74) is 1.02. The molecule has 4 aliphatic rings. The Morgan fingerprint density at radius 2 is 1.75 bits per heavy atom. The van der Waals surface area contributed by atoms with Crippen LogP contribution >= 0.6 is 34.5 Å². The zero-order valence-corrected chi connectivity index (χ0v) is 23.7. The minimum Gasteiger partial charge on any atom is -0.507 e. The van der Waals surface area contributed by atoms with Gasteiger partial charge in [-0.15, -0.1) is 34.5 Å². The van der Waals surface area contributed by atoms with Gasteiger partial charge in [0.25, 0.3) is 11.8 Å². The molecule has 3 fully saturated rings. The number of hydrogen-bond donors (Lipinski definition) is 1. The van der Waals surface area contributed by atoms with Gasteiger partial charge in [-0.2, -0.15) is 0 Å². The van der Waals surface area contributed by atoms with Gasteiger partial charge in [-0.3, -0.25) is 29.0 Å². The van der Waals surface area contributed by atoms with E-state index in [1.807, 2.05) is 41.8 Å². The number of benzene rings is 2. The van der Waals surface area contributed by atoms with Gasteiger partial charge in [0, 0.05) is 28.8 Å². The van der Waals surface area contributed by atoms with E-state index in [-0.39, 0.29) is 37.0 Å². The molecule has 6 unspecified atom stereocenters. The highest BCUT2D eigenvalue weighted by Gasteiger charge is 2.76. The van der Waals surface area contributed by atoms with Gasteiger partial charge in [-0.05, 0) is 35.6 Å². The molecule has 2 saturated heterocycles. The molecular formula is C30H24Cl2N2O5S. The number of phenols is 1. The number of rotatable bonds is 3. The fraction of sp³-hybridized carbons (Fsp3) is 0.333. The van der Waals surface area contributed by atoms with Crippen LogP contribution in [0.25, 0.3) is 10.8 Å². The van der Waals surface area contributed by atoms with Crippen LogP contribution in [0.2, 0.25) is 0 Å². The number of aromatic hydroxyl groups is 1. The fourth-order valence-electron chi connectivity index (χ4n) is 7.37. The SMILES string of the molecule is CN1C(=O)C2(Cl)CC3C(=CCC4C(=O)N(Cc5cccs5)C(=O)C43)C(c3ccc4ccccc4c3O)C2(Cl)C1=O. The third kappa shape index (κ3) is 3.12. The lowest BCUT2D eigenvalue weighted by Crippen LogP contribution is -2.60. The largest absolute Gasteiger partial charge is 0.507 e. The van der Waals surface area contributed by atoms with Gasteiger partial charge in [0.2, 0.25) is 11.8 Å². The Bertz CT molecular complexity index is 1670. The van der Waals surface area contributed by atoms with Crippen LogP contribution in [-0.2, 0) is 25.7 Å². The summed E-state index contributed by atoms with van der Waals surface area (Å²) in [5, 5.41) is 14.8. The molecule has 3 aromatic rings. The maximum absolute atomic E-state index is 13.9. The summed E-state index contributed by atoms with van der Waals surface area (Å²) >= 11 is 15.9. The van der Waals surface area contributed by atoms with E-state index < -0.39 is 45.2 Å². The van der Waals surface area contributed by atoms with Crippen LogP contribution in [0.4, 0.5) is 0 Å². The summed E-state index contributed by atoms with van der Waals surface area (Å²) in [6.07, 6.45) is 2.09. The van der Waals surface area contributed by atoms with Gasteiger partial charge < -0.3 is 5.11 Å². The number of carbonyl (C=O) groups is 4. The van der Waals surface area contributed by atoms with E-state index in [9.17, 15) is 24.3 Å². The Kier molecular flexibility index (Phi) is 5.57. The van der Waals surface area contributed by atoms with Crippen LogP contribution in [0.3, 0.4) is 0 Å². The van der Waals surface area contributed by atoms with Gasteiger partial charge in [0.05, 0.1) is 18.4 Å². The Morgan fingerprint density at radius 3 is 2.50 bits per heavy atom. The lowest BCUT2D eigenvalue weighted by Gasteiger charge is -2.50. The molecule has 4 amide bonds. The first-order chi connectivity index (χ1) is 19.1. The van der Waals surface area contributed by atoms with Crippen LogP contribution in [0.15, 0.2) is 65.6 Å². The number of hydrogen-bond acceptors (Lipinski definition) is 6. The van der Waals surface area contributed by atoms with Crippen molar-refractivity contribution in [1.82, 2.24) is 9.80 Å². The molecule has 7 nitrogen and oxygen atoms in total. The van der Waals surface area contributed by atoms with Crippen molar-refractivity contribution < 1.29 is 24.3 Å². The number of fused-ring (bicyclic) bond motifs is 5. The first-order valence-corrected chi connectivity index (χ1v) is 14.7. The number of alkyl halides is 2. The molecule has 40 heavy (non-hydrogen) atoms. The topological polar surface area (TPSA) is 95.0 Å². The van der Waals surface area contributed by atoms with Crippen LogP contribution in [-0.4, -0.2) is 55.3 Å². The minimum atomic E-state index is -1.93. The smallest absolute Gasteiger partial charge is 0.253 e. The van der Waals surface area contributed by atoms with Crippen molar-refractivity contribution >= 4 is 68.9 Å². The molecule has 0 spiro atoms. The Hall–Kier alpha value is -3.20. The van der Waals surface area contributed by atoms with E-state index in [2.05, 4.69) is 0 Å². The highest BCUT2D eigenvalue weighted by molar-refractivity contribution is 7.09. The van der Waals surface area contributed by atoms with Gasteiger partial charge in [0.1, 0.15) is 5.75 Å². The zero-order chi connectivity index (χ0) is 28.1. The second-order valence-electron chi connectivity index (χ2n) is 11.1. The third-order valence-corrected chi connectivity index (χ3v) is 11.5. The summed E-state index contributed by atoms with van der Waals surface area (Å²) in [6.45, 7) is 0.185. The molecule has 7 rings (SSSR count). The molecule has 0 bridgehead atoms. The molecule has 2 aromatic carbocycles. The van der Waals surface area contributed by atoms with Gasteiger partial charge in [-0.25, -0.2) is 0 Å². The number of likely N-dealkylation sites (tertiary alicyclic amines) is 2. The number of carbonyl (C=O) groups excluding carboxylic acids is 4. The highest BCUT2D eigenvalue weighted by Crippen LogP contribution is 2.66. The molecule has 204 valence electrons. The van der Waals surface area contributed by atoms with Gasteiger partial charge in [0.15, 0.2) is 9.75 Å². The van der Waals surface area contributed by atoms with Crippen LogP contribution < -0.4 is 0 Å². The minimum absolute atomic E-state index is 0.0613. The Balaban J connectivity index is 1.40. The summed E-state index contributed by atoms with van der Waals surface area (Å²) in [5.74, 6) is -4.88. The van der Waals surface area contributed by atoms with Crippen LogP contribution in [0, 0.1) is 17.8 Å². The monoisotopic (exact) mass is 594 g/mol. The molecule has 2 aliphatic heterocycles. The highest BCUT2D eigenvalue weighted by atomic mass is 35.5. The first kappa shape index (κ1) is 25.7. The predicted molar refractivity (Wildman–Crippen MR) is 151 cm³/mol. The number of halogens is 2. The van der Waals surface area contributed by atoms with Gasteiger partial charge >= 0.3 is 0 Å². The Labute approximate surface area is 244 Å². The lowest BCUT2D eigenvalue weighted by atomic mass is 9.56. The van der Waals surface area contributed by atoms with Crippen molar-refractivity contribution in [3.8, 4) is 5.75 Å². The molecule has 2 aliphatic carbocycles. The number of amides is 4. The van der Waals surface area contributed by atoms with Crippen molar-refractivity contribution in [3.05, 3.63) is 76.0 Å². The number of imide groups is 2. The second-order valence-corrected chi connectivity index (χ2v) is 13.3. The average molecular weight is 596 g/mol. The summed E-state index contributed by atoms with van der Waals surface area (Å²) < 4.78 is 0. The molecule has 6 atom stereocenters. The van der Waals surface area contributed by atoms with Crippen molar-refractivity contribution in [1.29, 1.82) is 0 Å². The number of allylic oxidation sites excluding steroid dienone is 2. The fourth-order valence-corrected chi connectivity index (χ4v) is 9.08. The zero-order valence-electron chi connectivity index (χ0n) is 21.3. The van der Waals surface area contributed by atoms with Crippen molar-refractivity contribution in [2.75, 3.05) is 7.05 Å². The van der Waals surface area contributed by atoms with Gasteiger partial charge in [-0.1, -0.05) is 54.1 Å². The first-order valence-electron chi connectivity index (χ1n) is 13.1. The quantitative estimate of drug-likeness (QED) is 0.267. The molecule has 1 N–H and O–H groups in total. The van der Waals surface area contributed by atoms with Crippen LogP contribution in [0.1, 0.15) is 29.2 Å². The van der Waals surface area contributed by atoms with E-state index in [0.29, 0.717) is 16.5 Å². The van der Waals surface area contributed by atoms with Crippen molar-refractivity contribution in [2.24, 2.45) is 17.8 Å². The summed E-state index contributed by atoms with van der Waals surface area (Å²) in [6, 6.07) is 14.6. The molecule has 10 heteroatoms. The van der Waals surface area contributed by atoms with E-state index in [1.165, 1.54) is 23.3 Å². The average Bonchev–Trinajstić information content (AvgIpc) is 3.59. The normalized spacial score (nSPS) is 33.3. The molecular weight excluding hydrogens is 571 g/mol. The van der Waals surface area contributed by atoms with E-state index >= 15 is 0 Å². The molecule has 3 heterocycles. The maximum Gasteiger partial charge on any atom is 0.253 e. The van der Waals surface area contributed by atoms with Crippen LogP contribution in [0.5, 0.6) is 5.75 Å². The predicted octanol–water partition coefficient (Wildman–Crippen LogP) is 4.80. The number of phenolic OH excluding ortho intramolecular Hbond substituents is 1. The standard InChI is InChI=1S/C30H24Cl2N2O5S/c1-33-27(38)29(31)13-21-18(10-11-19-22(21)26(37)34(25(19)36)14-16-6-4-12-40-16)23(30(29,32)28(33)39)20-9-8-15-5-2-3-7-17(15)24(20)35/h2-10,12,19,21-23,35H,11,13-14H2,1H3. The Morgan fingerprint density at radius 1 is 0.975 bits per heavy atom. The molecule has 0 radical (unpaired) electrons. The summed E-state index contributed by atoms with van der Waals surface area (Å²) in [7, 11) is 1.35. The van der Waals surface area contributed by atoms with E-state index in [4.69, 9.17) is 23.2 Å². The van der Waals surface area contributed by atoms with E-state index in [1.54, 1.807) is 18.2 Å².